The van der Waals surface area contributed by atoms with Gasteiger partial charge >= 0.3 is 0 Å². The van der Waals surface area contributed by atoms with Crippen LogP contribution in [0.1, 0.15) is 20.3 Å². The molecule has 0 radical (unpaired) electrons. The number of hydrogen-bond acceptors (Lipinski definition) is 3. The van der Waals surface area contributed by atoms with Crippen LogP contribution in [0.25, 0.3) is 0 Å². The molecule has 1 aliphatic rings. The van der Waals surface area contributed by atoms with Crippen LogP contribution in [0.2, 0.25) is 0 Å². The van der Waals surface area contributed by atoms with Gasteiger partial charge in [-0.3, -0.25) is 4.90 Å². The zero-order valence-electron chi connectivity index (χ0n) is 11.2. The molecule has 0 amide bonds. The predicted octanol–water partition coefficient (Wildman–Crippen LogP) is 2.73. The van der Waals surface area contributed by atoms with Gasteiger partial charge < -0.3 is 10.1 Å². The van der Waals surface area contributed by atoms with Crippen LogP contribution >= 0.6 is 0 Å². The van der Waals surface area contributed by atoms with E-state index in [4.69, 9.17) is 4.74 Å². The Bertz CT molecular complexity index is 409. The molecule has 3 nitrogen and oxygen atoms in total. The minimum atomic E-state index is -0.321. The first-order chi connectivity index (χ1) is 8.60. The lowest BCUT2D eigenvalue weighted by Gasteiger charge is -2.21. The van der Waals surface area contributed by atoms with Gasteiger partial charge in [-0.2, -0.15) is 0 Å². The lowest BCUT2D eigenvalue weighted by atomic mass is 10.2. The maximum Gasteiger partial charge on any atom is 0.165 e. The molecule has 1 unspecified atom stereocenters. The Balaban J connectivity index is 1.98. The summed E-state index contributed by atoms with van der Waals surface area (Å²) in [6.07, 6.45) is 1.12. The summed E-state index contributed by atoms with van der Waals surface area (Å²) in [6, 6.07) is 5.93. The van der Waals surface area contributed by atoms with Crippen LogP contribution in [-0.4, -0.2) is 37.2 Å². The summed E-state index contributed by atoms with van der Waals surface area (Å²) >= 11 is 0. The third-order valence-electron chi connectivity index (χ3n) is 3.47. The fourth-order valence-corrected chi connectivity index (χ4v) is 2.36. The molecule has 100 valence electrons. The standard InChI is InChI=1S/C14H21FN2O/c1-10(2)17-7-6-12(9-17)16-11-4-5-13(15)14(8-11)18-3/h4-5,8,10,12,16H,6-7,9H2,1-3H3. The number of nitrogens with one attached hydrogen (secondary N) is 1. The molecule has 1 aliphatic heterocycles. The van der Waals surface area contributed by atoms with Crippen LogP contribution in [0.15, 0.2) is 18.2 Å². The van der Waals surface area contributed by atoms with Crippen molar-refractivity contribution < 1.29 is 9.13 Å². The average Bonchev–Trinajstić information content (AvgIpc) is 2.80. The summed E-state index contributed by atoms with van der Waals surface area (Å²) in [5.74, 6) is -0.0306. The molecule has 1 N–H and O–H groups in total. The van der Waals surface area contributed by atoms with E-state index in [-0.39, 0.29) is 5.82 Å². The molecular weight excluding hydrogens is 231 g/mol. The summed E-state index contributed by atoms with van der Waals surface area (Å²) in [7, 11) is 1.48. The lowest BCUT2D eigenvalue weighted by Crippen LogP contribution is -2.31. The monoisotopic (exact) mass is 252 g/mol. The topological polar surface area (TPSA) is 24.5 Å². The van der Waals surface area contributed by atoms with Crippen molar-refractivity contribution in [3.63, 3.8) is 0 Å². The Morgan fingerprint density at radius 1 is 1.44 bits per heavy atom. The zero-order chi connectivity index (χ0) is 13.1. The fraction of sp³-hybridized carbons (Fsp3) is 0.571. The van der Waals surface area contributed by atoms with Gasteiger partial charge in [-0.25, -0.2) is 4.39 Å². The van der Waals surface area contributed by atoms with Crippen LogP contribution < -0.4 is 10.1 Å². The fourth-order valence-electron chi connectivity index (χ4n) is 2.36. The van der Waals surface area contributed by atoms with Gasteiger partial charge in [-0.05, 0) is 32.4 Å². The van der Waals surface area contributed by atoms with E-state index in [1.807, 2.05) is 0 Å². The molecule has 1 aromatic rings. The number of halogens is 1. The molecule has 1 heterocycles. The number of likely N-dealkylation sites (tertiary alicyclic amines) is 1. The van der Waals surface area contributed by atoms with Crippen LogP contribution in [-0.2, 0) is 0 Å². The van der Waals surface area contributed by atoms with Crippen molar-refractivity contribution >= 4 is 5.69 Å². The highest BCUT2D eigenvalue weighted by atomic mass is 19.1. The van der Waals surface area contributed by atoms with Gasteiger partial charge in [-0.1, -0.05) is 0 Å². The van der Waals surface area contributed by atoms with E-state index in [0.29, 0.717) is 17.8 Å². The molecule has 2 rings (SSSR count). The first kappa shape index (κ1) is 13.1. The Labute approximate surface area is 108 Å². The summed E-state index contributed by atoms with van der Waals surface area (Å²) in [5, 5.41) is 3.44. The Kier molecular flexibility index (Phi) is 4.07. The SMILES string of the molecule is COc1cc(NC2CCN(C(C)C)C2)ccc1F. The summed E-state index contributed by atoms with van der Waals surface area (Å²) in [4.78, 5) is 2.44. The van der Waals surface area contributed by atoms with Crippen LogP contribution in [0.5, 0.6) is 5.75 Å². The van der Waals surface area contributed by atoms with Crippen molar-refractivity contribution in [3.05, 3.63) is 24.0 Å². The van der Waals surface area contributed by atoms with Gasteiger partial charge in [0.1, 0.15) is 0 Å². The minimum Gasteiger partial charge on any atom is -0.494 e. The lowest BCUT2D eigenvalue weighted by molar-refractivity contribution is 0.274. The summed E-state index contributed by atoms with van der Waals surface area (Å²) in [5.41, 5.74) is 0.920. The maximum absolute atomic E-state index is 13.3. The van der Waals surface area contributed by atoms with Gasteiger partial charge in [0.15, 0.2) is 11.6 Å². The van der Waals surface area contributed by atoms with E-state index >= 15 is 0 Å². The van der Waals surface area contributed by atoms with Crippen LogP contribution in [0, 0.1) is 5.82 Å². The van der Waals surface area contributed by atoms with E-state index in [9.17, 15) is 4.39 Å². The van der Waals surface area contributed by atoms with Gasteiger partial charge in [0, 0.05) is 36.9 Å². The molecule has 1 atom stereocenters. The third kappa shape index (κ3) is 2.93. The third-order valence-corrected chi connectivity index (χ3v) is 3.47. The second-order valence-electron chi connectivity index (χ2n) is 5.07. The Hall–Kier alpha value is -1.29. The summed E-state index contributed by atoms with van der Waals surface area (Å²) < 4.78 is 18.3. The highest BCUT2D eigenvalue weighted by Gasteiger charge is 2.24. The highest BCUT2D eigenvalue weighted by molar-refractivity contribution is 5.49. The minimum absolute atomic E-state index is 0.290. The van der Waals surface area contributed by atoms with Crippen molar-refractivity contribution in [1.82, 2.24) is 4.90 Å². The van der Waals surface area contributed by atoms with E-state index in [1.54, 1.807) is 12.1 Å². The van der Waals surface area contributed by atoms with Crippen LogP contribution in [0.4, 0.5) is 10.1 Å². The molecule has 4 heteroatoms. The molecule has 0 saturated carbocycles. The number of ether oxygens (including phenoxy) is 1. The molecule has 0 bridgehead atoms. The van der Waals surface area contributed by atoms with Crippen molar-refractivity contribution in [2.24, 2.45) is 0 Å². The quantitative estimate of drug-likeness (QED) is 0.891. The predicted molar refractivity (Wildman–Crippen MR) is 71.7 cm³/mol. The van der Waals surface area contributed by atoms with Gasteiger partial charge in [-0.15, -0.1) is 0 Å². The van der Waals surface area contributed by atoms with Gasteiger partial charge in [0.05, 0.1) is 7.11 Å². The normalized spacial score (nSPS) is 20.4. The van der Waals surface area contributed by atoms with Crippen molar-refractivity contribution in [2.45, 2.75) is 32.4 Å². The second-order valence-corrected chi connectivity index (χ2v) is 5.07. The van der Waals surface area contributed by atoms with Gasteiger partial charge in [0.25, 0.3) is 0 Å². The van der Waals surface area contributed by atoms with Gasteiger partial charge in [0.2, 0.25) is 0 Å². The molecule has 18 heavy (non-hydrogen) atoms. The number of anilines is 1. The van der Waals surface area contributed by atoms with E-state index in [2.05, 4.69) is 24.1 Å². The highest BCUT2D eigenvalue weighted by Crippen LogP contribution is 2.24. The number of hydrogen-bond donors (Lipinski definition) is 1. The smallest absolute Gasteiger partial charge is 0.165 e. The maximum atomic E-state index is 13.3. The number of nitrogens with zero attached hydrogens (tertiary/aromatic N) is 1. The average molecular weight is 252 g/mol. The number of methoxy groups -OCH3 is 1. The van der Waals surface area contributed by atoms with Crippen LogP contribution in [0.3, 0.4) is 0 Å². The second kappa shape index (κ2) is 5.57. The Morgan fingerprint density at radius 3 is 2.83 bits per heavy atom. The largest absolute Gasteiger partial charge is 0.494 e. The number of rotatable bonds is 4. The molecule has 0 aliphatic carbocycles. The first-order valence-corrected chi connectivity index (χ1v) is 6.44. The molecule has 1 aromatic carbocycles. The van der Waals surface area contributed by atoms with Crippen molar-refractivity contribution in [3.8, 4) is 5.75 Å². The molecule has 0 spiro atoms. The molecular formula is C14H21FN2O. The zero-order valence-corrected chi connectivity index (χ0v) is 11.2. The molecule has 1 fully saturated rings. The number of benzene rings is 1. The van der Waals surface area contributed by atoms with E-state index < -0.39 is 0 Å². The summed E-state index contributed by atoms with van der Waals surface area (Å²) in [6.45, 7) is 6.58. The van der Waals surface area contributed by atoms with E-state index in [1.165, 1.54) is 13.2 Å². The first-order valence-electron chi connectivity index (χ1n) is 6.44. The van der Waals surface area contributed by atoms with Crippen molar-refractivity contribution in [2.75, 3.05) is 25.5 Å². The van der Waals surface area contributed by atoms with Crippen molar-refractivity contribution in [1.29, 1.82) is 0 Å². The Morgan fingerprint density at radius 2 is 2.22 bits per heavy atom. The van der Waals surface area contributed by atoms with E-state index in [0.717, 1.165) is 25.2 Å². The molecule has 0 aromatic heterocycles. The molecule has 1 saturated heterocycles.